The average Bonchev–Trinajstić information content (AvgIpc) is 3.01. The van der Waals surface area contributed by atoms with Crippen molar-refractivity contribution in [2.45, 2.75) is 117 Å². The van der Waals surface area contributed by atoms with Gasteiger partial charge in [0.15, 0.2) is 12.2 Å². The van der Waals surface area contributed by atoms with E-state index in [2.05, 4.69) is 6.58 Å². The van der Waals surface area contributed by atoms with Gasteiger partial charge < -0.3 is 33.7 Å². The maximum atomic E-state index is 13.7. The molecule has 2 bridgehead atoms. The maximum absolute atomic E-state index is 13.7. The maximum Gasteiger partial charge on any atom is 0.308 e. The van der Waals surface area contributed by atoms with Crippen LogP contribution in [-0.4, -0.2) is 90.6 Å². The van der Waals surface area contributed by atoms with Crippen molar-refractivity contribution in [1.29, 1.82) is 0 Å². The lowest BCUT2D eigenvalue weighted by molar-refractivity contribution is -0.226. The minimum absolute atomic E-state index is 0.00125. The van der Waals surface area contributed by atoms with Crippen molar-refractivity contribution in [3.05, 3.63) is 59.2 Å². The highest BCUT2D eigenvalue weighted by Gasteiger charge is 2.67. The summed E-state index contributed by atoms with van der Waals surface area (Å²) in [7, 11) is 3.73. The number of hydrogen-bond acceptors (Lipinski definition) is 12. The van der Waals surface area contributed by atoms with Crippen LogP contribution in [0.1, 0.15) is 86.3 Å². The smallest absolute Gasteiger partial charge is 0.308 e. The number of benzene rings is 1. The summed E-state index contributed by atoms with van der Waals surface area (Å²) >= 11 is 0. The van der Waals surface area contributed by atoms with Gasteiger partial charge in [-0.3, -0.25) is 24.0 Å². The molecule has 2 saturated carbocycles. The predicted octanol–water partition coefficient (Wildman–Crippen LogP) is 4.64. The van der Waals surface area contributed by atoms with Crippen LogP contribution in [0.15, 0.2) is 53.6 Å². The van der Waals surface area contributed by atoms with Crippen LogP contribution < -0.4 is 0 Å². The molecule has 6 unspecified atom stereocenters. The summed E-state index contributed by atoms with van der Waals surface area (Å²) in [6, 6.07) is 9.24. The first-order valence-electron chi connectivity index (χ1n) is 17.4. The zero-order valence-corrected chi connectivity index (χ0v) is 31.4. The first-order valence-corrected chi connectivity index (χ1v) is 17.4. The summed E-state index contributed by atoms with van der Waals surface area (Å²) in [5.74, 6) is -4.76. The van der Waals surface area contributed by atoms with Crippen LogP contribution in [0.4, 0.5) is 0 Å². The van der Waals surface area contributed by atoms with Crippen molar-refractivity contribution in [2.24, 2.45) is 22.7 Å². The zero-order chi connectivity index (χ0) is 38.2. The van der Waals surface area contributed by atoms with Crippen LogP contribution >= 0.6 is 0 Å². The third-order valence-corrected chi connectivity index (χ3v) is 11.2. The van der Waals surface area contributed by atoms with Gasteiger partial charge in [0.1, 0.15) is 18.3 Å². The quantitative estimate of drug-likeness (QED) is 0.216. The summed E-state index contributed by atoms with van der Waals surface area (Å²) in [4.78, 5) is 66.5. The Morgan fingerprint density at radius 3 is 1.94 bits per heavy atom. The molecule has 0 spiro atoms. The molecule has 3 aliphatic carbocycles. The number of aliphatic hydroxyl groups is 1. The molecule has 3 aliphatic rings. The molecule has 0 aliphatic heterocycles. The molecule has 12 nitrogen and oxygen atoms in total. The summed E-state index contributed by atoms with van der Waals surface area (Å²) in [5.41, 5.74) is 0.0162. The Hall–Kier alpha value is -4.03. The SMILES string of the molecule is C=C1C(OC(=O)CC(c2ccccc2)N(C)C)C[C@H](OC(C)=O)[C@]2(C)C1C(O)[C@@H]1CC(OC(C)=O)C(C)=C([C@@H](OC(C)=O)C2OC(C)=O)C1(C)C. The molecule has 0 radical (unpaired) electrons. The Morgan fingerprint density at radius 2 is 1.41 bits per heavy atom. The molecule has 0 saturated heterocycles. The Morgan fingerprint density at radius 1 is 0.843 bits per heavy atom. The number of carbonyl (C=O) groups is 5. The van der Waals surface area contributed by atoms with Crippen LogP contribution in [0.2, 0.25) is 0 Å². The number of nitrogens with zero attached hydrogens (tertiary/aromatic N) is 1. The highest BCUT2D eigenvalue weighted by Crippen LogP contribution is 2.61. The molecule has 0 heterocycles. The molecule has 280 valence electrons. The molecular formula is C39H53NO11. The van der Waals surface area contributed by atoms with Gasteiger partial charge >= 0.3 is 29.8 Å². The molecular weight excluding hydrogens is 658 g/mol. The highest BCUT2D eigenvalue weighted by molar-refractivity contribution is 5.72. The first kappa shape index (κ1) is 39.8. The predicted molar refractivity (Wildman–Crippen MR) is 186 cm³/mol. The van der Waals surface area contributed by atoms with E-state index >= 15 is 0 Å². The van der Waals surface area contributed by atoms with Gasteiger partial charge in [0.2, 0.25) is 0 Å². The molecule has 0 amide bonds. The van der Waals surface area contributed by atoms with Crippen LogP contribution in [0.3, 0.4) is 0 Å². The molecule has 2 fully saturated rings. The minimum Gasteiger partial charge on any atom is -0.462 e. The third-order valence-electron chi connectivity index (χ3n) is 11.2. The first-order chi connectivity index (χ1) is 23.7. The number of fused-ring (bicyclic) bond motifs is 3. The second-order valence-corrected chi connectivity index (χ2v) is 15.1. The normalized spacial score (nSPS) is 32.0. The molecule has 12 heteroatoms. The van der Waals surface area contributed by atoms with E-state index in [1.165, 1.54) is 27.7 Å². The van der Waals surface area contributed by atoms with Gasteiger partial charge in [-0.1, -0.05) is 57.7 Å². The van der Waals surface area contributed by atoms with Gasteiger partial charge in [0.05, 0.1) is 17.9 Å². The zero-order valence-electron chi connectivity index (χ0n) is 31.4. The van der Waals surface area contributed by atoms with E-state index in [-0.39, 0.29) is 25.3 Å². The van der Waals surface area contributed by atoms with E-state index in [9.17, 15) is 29.1 Å². The molecule has 1 N–H and O–H groups in total. The third kappa shape index (κ3) is 7.91. The number of carbonyl (C=O) groups excluding carboxylic acids is 5. The van der Waals surface area contributed by atoms with E-state index in [1.807, 2.05) is 63.2 Å². The fraction of sp³-hybridized carbons (Fsp3) is 0.615. The number of hydrogen-bond donors (Lipinski definition) is 1. The van der Waals surface area contributed by atoms with Crippen LogP contribution in [0.5, 0.6) is 0 Å². The topological polar surface area (TPSA) is 155 Å². The van der Waals surface area contributed by atoms with Crippen LogP contribution in [0.25, 0.3) is 0 Å². The lowest BCUT2D eigenvalue weighted by Crippen LogP contribution is -2.68. The fourth-order valence-corrected chi connectivity index (χ4v) is 8.94. The van der Waals surface area contributed by atoms with Gasteiger partial charge in [-0.25, -0.2) is 0 Å². The lowest BCUT2D eigenvalue weighted by Gasteiger charge is -2.61. The molecule has 0 aromatic heterocycles. The number of aliphatic hydroxyl groups excluding tert-OH is 1. The molecule has 1 aromatic carbocycles. The molecule has 4 rings (SSSR count). The fourth-order valence-electron chi connectivity index (χ4n) is 8.94. The van der Waals surface area contributed by atoms with Gasteiger partial charge in [-0.2, -0.15) is 0 Å². The second-order valence-electron chi connectivity index (χ2n) is 15.1. The van der Waals surface area contributed by atoms with Crippen molar-refractivity contribution in [1.82, 2.24) is 4.90 Å². The minimum atomic E-state index is -1.46. The average molecular weight is 712 g/mol. The summed E-state index contributed by atoms with van der Waals surface area (Å²) in [6.07, 6.45) is -6.59. The molecule has 51 heavy (non-hydrogen) atoms. The van der Waals surface area contributed by atoms with E-state index in [0.717, 1.165) is 5.56 Å². The summed E-state index contributed by atoms with van der Waals surface area (Å²) in [5, 5.41) is 12.7. The molecule has 1 aromatic rings. The summed E-state index contributed by atoms with van der Waals surface area (Å²) in [6.45, 7) is 16.6. The van der Waals surface area contributed by atoms with E-state index in [0.29, 0.717) is 16.7 Å². The van der Waals surface area contributed by atoms with Gasteiger partial charge in [0.25, 0.3) is 0 Å². The van der Waals surface area contributed by atoms with Gasteiger partial charge in [-0.15, -0.1) is 0 Å². The highest BCUT2D eigenvalue weighted by atomic mass is 16.6. The van der Waals surface area contributed by atoms with E-state index in [4.69, 9.17) is 23.7 Å². The van der Waals surface area contributed by atoms with Crippen molar-refractivity contribution in [3.63, 3.8) is 0 Å². The number of esters is 5. The van der Waals surface area contributed by atoms with Crippen LogP contribution in [-0.2, 0) is 47.7 Å². The Balaban J connectivity index is 1.91. The van der Waals surface area contributed by atoms with Crippen molar-refractivity contribution in [2.75, 3.05) is 14.1 Å². The van der Waals surface area contributed by atoms with E-state index < -0.39 is 89.1 Å². The lowest BCUT2D eigenvalue weighted by atomic mass is 9.48. The van der Waals surface area contributed by atoms with Crippen molar-refractivity contribution >= 4 is 29.8 Å². The Bertz CT molecular complexity index is 1570. The second kappa shape index (κ2) is 15.3. The molecule has 10 atom stereocenters. The van der Waals surface area contributed by atoms with Gasteiger partial charge in [-0.05, 0) is 61.1 Å². The summed E-state index contributed by atoms with van der Waals surface area (Å²) < 4.78 is 30.1. The van der Waals surface area contributed by atoms with Crippen LogP contribution in [0, 0.1) is 22.7 Å². The Kier molecular flexibility index (Phi) is 11.9. The van der Waals surface area contributed by atoms with Crippen molar-refractivity contribution < 1.29 is 52.8 Å². The monoisotopic (exact) mass is 711 g/mol. The number of ether oxygens (including phenoxy) is 5. The van der Waals surface area contributed by atoms with Gasteiger partial charge in [0, 0.05) is 46.1 Å². The Labute approximate surface area is 300 Å². The largest absolute Gasteiger partial charge is 0.462 e. The van der Waals surface area contributed by atoms with Crippen molar-refractivity contribution in [3.8, 4) is 0 Å². The number of rotatable bonds is 9. The standard InChI is InChI=1S/C39H53NO11/c1-20-30(51-32(45)18-28(40(10)11)26-15-13-12-14-16-26)19-31(48-23(4)42)39(9)33(20)35(46)27-17-29(47-22(3)41)21(2)34(38(27,7)8)36(49-24(5)43)37(39)50-25(6)44/h12-16,27-31,33,35-37,46H,1,17-19H2,2-11H3/t27-,28?,29?,30?,31-,33?,35?,36+,37?,39+/m0/s1. The van der Waals surface area contributed by atoms with E-state index in [1.54, 1.807) is 13.8 Å².